The summed E-state index contributed by atoms with van der Waals surface area (Å²) in [5.74, 6) is -0.232. The minimum absolute atomic E-state index is 0.203. The van der Waals surface area contributed by atoms with Gasteiger partial charge in [0.25, 0.3) is 0 Å². The van der Waals surface area contributed by atoms with E-state index in [1.807, 2.05) is 25.3 Å². The summed E-state index contributed by atoms with van der Waals surface area (Å²) in [6.45, 7) is 3.83. The Morgan fingerprint density at radius 1 is 1.35 bits per heavy atom. The molecule has 1 unspecified atom stereocenters. The average Bonchev–Trinajstić information content (AvgIpc) is 2.62. The maximum atomic E-state index is 13.3. The Morgan fingerprint density at radius 3 is 2.71 bits per heavy atom. The molecule has 90 valence electrons. The van der Waals surface area contributed by atoms with Crippen LogP contribution in [0.5, 0.6) is 0 Å². The van der Waals surface area contributed by atoms with Gasteiger partial charge < -0.3 is 5.73 Å². The highest BCUT2D eigenvalue weighted by atomic mass is 32.1. The number of thiazole rings is 1. The fourth-order valence-corrected chi connectivity index (χ4v) is 2.45. The van der Waals surface area contributed by atoms with Crippen molar-refractivity contribution in [2.45, 2.75) is 26.3 Å². The summed E-state index contributed by atoms with van der Waals surface area (Å²) in [7, 11) is 0. The largest absolute Gasteiger partial charge is 0.324 e. The summed E-state index contributed by atoms with van der Waals surface area (Å²) < 4.78 is 13.3. The van der Waals surface area contributed by atoms with Crippen LogP contribution in [0.25, 0.3) is 0 Å². The van der Waals surface area contributed by atoms with Gasteiger partial charge in [-0.05, 0) is 37.1 Å². The highest BCUT2D eigenvalue weighted by molar-refractivity contribution is 7.09. The average molecular weight is 250 g/mol. The molecule has 1 atom stereocenters. The fourth-order valence-electron chi connectivity index (χ4n) is 1.82. The van der Waals surface area contributed by atoms with Gasteiger partial charge in [0.1, 0.15) is 5.82 Å². The third-order valence-corrected chi connectivity index (χ3v) is 3.41. The second-order valence-corrected chi connectivity index (χ2v) is 5.29. The zero-order valence-corrected chi connectivity index (χ0v) is 10.7. The Bertz CT molecular complexity index is 502. The van der Waals surface area contributed by atoms with Gasteiger partial charge >= 0.3 is 0 Å². The van der Waals surface area contributed by atoms with Crippen LogP contribution < -0.4 is 5.73 Å². The van der Waals surface area contributed by atoms with Crippen LogP contribution in [-0.2, 0) is 6.42 Å². The van der Waals surface area contributed by atoms with Crippen LogP contribution in [0.3, 0.4) is 0 Å². The third-order valence-electron chi connectivity index (χ3n) is 2.59. The van der Waals surface area contributed by atoms with Gasteiger partial charge in [-0.1, -0.05) is 6.07 Å². The van der Waals surface area contributed by atoms with Crippen molar-refractivity contribution in [2.75, 3.05) is 0 Å². The molecule has 1 heterocycles. The summed E-state index contributed by atoms with van der Waals surface area (Å²) in [5, 5.41) is 3.03. The molecule has 0 fully saturated rings. The molecular formula is C13H15FN2S. The number of benzene rings is 1. The van der Waals surface area contributed by atoms with Crippen LogP contribution in [0, 0.1) is 19.7 Å². The Hall–Kier alpha value is -1.26. The first kappa shape index (κ1) is 12.2. The minimum atomic E-state index is -0.232. The molecule has 0 radical (unpaired) electrons. The van der Waals surface area contributed by atoms with E-state index in [1.165, 1.54) is 12.1 Å². The maximum Gasteiger partial charge on any atom is 0.123 e. The predicted molar refractivity (Wildman–Crippen MR) is 68.6 cm³/mol. The van der Waals surface area contributed by atoms with Crippen molar-refractivity contribution in [3.05, 3.63) is 51.2 Å². The van der Waals surface area contributed by atoms with Crippen LogP contribution >= 0.6 is 11.3 Å². The van der Waals surface area contributed by atoms with Gasteiger partial charge in [-0.3, -0.25) is 0 Å². The Labute approximate surface area is 104 Å². The van der Waals surface area contributed by atoms with Crippen molar-refractivity contribution in [2.24, 2.45) is 5.73 Å². The standard InChI is InChI=1S/C13H15FN2S/c1-8-3-10(5-11(14)4-8)13(15)6-12-7-17-9(2)16-12/h3-5,7,13H,6,15H2,1-2H3. The molecule has 0 saturated carbocycles. The molecule has 0 spiro atoms. The molecule has 0 saturated heterocycles. The van der Waals surface area contributed by atoms with E-state index < -0.39 is 0 Å². The topological polar surface area (TPSA) is 38.9 Å². The van der Waals surface area contributed by atoms with E-state index in [9.17, 15) is 4.39 Å². The first-order valence-corrected chi connectivity index (χ1v) is 6.36. The molecule has 2 rings (SSSR count). The third kappa shape index (κ3) is 3.11. The van der Waals surface area contributed by atoms with Crippen molar-refractivity contribution in [3.63, 3.8) is 0 Å². The molecule has 1 aromatic heterocycles. The van der Waals surface area contributed by atoms with E-state index in [0.717, 1.165) is 21.8 Å². The van der Waals surface area contributed by atoms with Gasteiger partial charge in [-0.15, -0.1) is 11.3 Å². The van der Waals surface area contributed by atoms with Crippen molar-refractivity contribution in [1.82, 2.24) is 4.98 Å². The Balaban J connectivity index is 2.16. The lowest BCUT2D eigenvalue weighted by Crippen LogP contribution is -2.14. The smallest absolute Gasteiger partial charge is 0.123 e. The lowest BCUT2D eigenvalue weighted by Gasteiger charge is -2.11. The summed E-state index contributed by atoms with van der Waals surface area (Å²) in [6.07, 6.45) is 0.646. The minimum Gasteiger partial charge on any atom is -0.324 e. The second-order valence-electron chi connectivity index (χ2n) is 4.23. The van der Waals surface area contributed by atoms with Crippen LogP contribution in [-0.4, -0.2) is 4.98 Å². The van der Waals surface area contributed by atoms with Gasteiger partial charge in [-0.25, -0.2) is 9.37 Å². The molecule has 4 heteroatoms. The van der Waals surface area contributed by atoms with Gasteiger partial charge in [0.15, 0.2) is 0 Å². The Morgan fingerprint density at radius 2 is 2.12 bits per heavy atom. The summed E-state index contributed by atoms with van der Waals surface area (Å²) >= 11 is 1.61. The quantitative estimate of drug-likeness (QED) is 0.909. The van der Waals surface area contributed by atoms with E-state index >= 15 is 0 Å². The maximum absolute atomic E-state index is 13.3. The number of aromatic nitrogens is 1. The zero-order valence-electron chi connectivity index (χ0n) is 9.90. The number of aryl methyl sites for hydroxylation is 2. The number of halogens is 1. The molecule has 0 amide bonds. The Kier molecular flexibility index (Phi) is 3.54. The second kappa shape index (κ2) is 4.94. The van der Waals surface area contributed by atoms with Gasteiger partial charge in [0.05, 0.1) is 10.7 Å². The number of hydrogen-bond acceptors (Lipinski definition) is 3. The lowest BCUT2D eigenvalue weighted by molar-refractivity contribution is 0.616. The normalized spacial score (nSPS) is 12.7. The van der Waals surface area contributed by atoms with Gasteiger partial charge in [0.2, 0.25) is 0 Å². The van der Waals surface area contributed by atoms with E-state index in [1.54, 1.807) is 11.3 Å². The van der Waals surface area contributed by atoms with Gasteiger partial charge in [-0.2, -0.15) is 0 Å². The van der Waals surface area contributed by atoms with Crippen molar-refractivity contribution < 1.29 is 4.39 Å². The molecule has 2 nitrogen and oxygen atoms in total. The molecule has 17 heavy (non-hydrogen) atoms. The molecule has 2 N–H and O–H groups in total. The van der Waals surface area contributed by atoms with E-state index in [-0.39, 0.29) is 11.9 Å². The zero-order chi connectivity index (χ0) is 12.4. The van der Waals surface area contributed by atoms with Crippen LogP contribution in [0.4, 0.5) is 4.39 Å². The molecule has 0 aliphatic carbocycles. The highest BCUT2D eigenvalue weighted by Gasteiger charge is 2.10. The molecule has 2 aromatic rings. The number of rotatable bonds is 3. The molecular weight excluding hydrogens is 235 g/mol. The highest BCUT2D eigenvalue weighted by Crippen LogP contribution is 2.19. The monoisotopic (exact) mass is 250 g/mol. The fraction of sp³-hybridized carbons (Fsp3) is 0.308. The van der Waals surface area contributed by atoms with Crippen LogP contribution in [0.15, 0.2) is 23.6 Å². The molecule has 1 aromatic carbocycles. The molecule has 0 aliphatic heterocycles. The van der Waals surface area contributed by atoms with Crippen molar-refractivity contribution in [1.29, 1.82) is 0 Å². The summed E-state index contributed by atoms with van der Waals surface area (Å²) in [4.78, 5) is 4.37. The molecule has 0 bridgehead atoms. The van der Waals surface area contributed by atoms with Gasteiger partial charge in [0, 0.05) is 17.8 Å². The first-order chi connectivity index (χ1) is 8.04. The summed E-state index contributed by atoms with van der Waals surface area (Å²) in [6, 6.07) is 4.72. The number of nitrogens with zero attached hydrogens (tertiary/aromatic N) is 1. The lowest BCUT2D eigenvalue weighted by atomic mass is 10.0. The van der Waals surface area contributed by atoms with E-state index in [2.05, 4.69) is 4.98 Å². The van der Waals surface area contributed by atoms with E-state index in [4.69, 9.17) is 5.73 Å². The molecule has 0 aliphatic rings. The first-order valence-electron chi connectivity index (χ1n) is 5.48. The number of nitrogens with two attached hydrogens (primary N) is 1. The summed E-state index contributed by atoms with van der Waals surface area (Å²) in [5.41, 5.74) is 8.77. The number of hydrogen-bond donors (Lipinski definition) is 1. The van der Waals surface area contributed by atoms with E-state index in [0.29, 0.717) is 6.42 Å². The van der Waals surface area contributed by atoms with Crippen LogP contribution in [0.1, 0.15) is 27.9 Å². The predicted octanol–water partition coefficient (Wildman–Crippen LogP) is 3.14. The van der Waals surface area contributed by atoms with Crippen molar-refractivity contribution in [3.8, 4) is 0 Å². The van der Waals surface area contributed by atoms with Crippen molar-refractivity contribution >= 4 is 11.3 Å². The SMILES string of the molecule is Cc1cc(F)cc(C(N)Cc2csc(C)n2)c1. The van der Waals surface area contributed by atoms with Crippen LogP contribution in [0.2, 0.25) is 0 Å².